The number of aryl methyl sites for hydroxylation is 2. The van der Waals surface area contributed by atoms with Crippen LogP contribution in [-0.4, -0.2) is 33.1 Å². The fourth-order valence-corrected chi connectivity index (χ4v) is 3.20. The molecular weight excluding hydrogens is 390 g/mol. The minimum absolute atomic E-state index is 0.589. The summed E-state index contributed by atoms with van der Waals surface area (Å²) in [4.78, 5) is 4.75. The highest BCUT2D eigenvalue weighted by Gasteiger charge is 2.07. The van der Waals surface area contributed by atoms with Crippen LogP contribution in [0.25, 0.3) is 0 Å². The van der Waals surface area contributed by atoms with E-state index in [0.29, 0.717) is 13.2 Å². The van der Waals surface area contributed by atoms with Gasteiger partial charge < -0.3 is 19.0 Å². The molecule has 0 aliphatic heterocycles. The van der Waals surface area contributed by atoms with Crippen molar-refractivity contribution in [1.29, 1.82) is 0 Å². The summed E-state index contributed by atoms with van der Waals surface area (Å²) in [5.41, 5.74) is 3.14. The van der Waals surface area contributed by atoms with Gasteiger partial charge in [-0.05, 0) is 81.8 Å². The number of allylic oxidation sites excluding steroid dienone is 1. The predicted molar refractivity (Wildman–Crippen MR) is 127 cm³/mol. The molecule has 0 aliphatic rings. The summed E-state index contributed by atoms with van der Waals surface area (Å²) in [5, 5.41) is 3.81. The number of rotatable bonds is 14. The van der Waals surface area contributed by atoms with Gasteiger partial charge in [-0.25, -0.2) is 0 Å². The Labute approximate surface area is 186 Å². The zero-order valence-corrected chi connectivity index (χ0v) is 19.2. The first kappa shape index (κ1) is 24.3. The summed E-state index contributed by atoms with van der Waals surface area (Å²) in [6, 6.07) is 11.9. The van der Waals surface area contributed by atoms with Gasteiger partial charge in [-0.1, -0.05) is 29.4 Å². The number of oxime groups is 1. The molecule has 0 fully saturated rings. The summed E-state index contributed by atoms with van der Waals surface area (Å²) in [5.74, 6) is 2.68. The Hall–Kier alpha value is -2.95. The number of benzene rings is 2. The van der Waals surface area contributed by atoms with E-state index in [1.165, 1.54) is 7.11 Å². The van der Waals surface area contributed by atoms with Crippen molar-refractivity contribution in [3.8, 4) is 17.2 Å². The highest BCUT2D eigenvalue weighted by atomic mass is 16.6. The third-order valence-corrected chi connectivity index (χ3v) is 4.77. The van der Waals surface area contributed by atoms with Gasteiger partial charge in [0.05, 0.1) is 19.4 Å². The summed E-state index contributed by atoms with van der Waals surface area (Å²) in [7, 11) is 1.53. The first-order valence-corrected chi connectivity index (χ1v) is 10.9. The molecule has 0 amide bonds. The van der Waals surface area contributed by atoms with Gasteiger partial charge in [0.2, 0.25) is 0 Å². The number of hydrogen-bond acceptors (Lipinski definition) is 5. The predicted octanol–water partition coefficient (Wildman–Crippen LogP) is 6.26. The van der Waals surface area contributed by atoms with E-state index < -0.39 is 0 Å². The molecule has 0 spiro atoms. The highest BCUT2D eigenvalue weighted by molar-refractivity contribution is 5.83. The first-order chi connectivity index (χ1) is 15.2. The topological polar surface area (TPSA) is 49.3 Å². The number of ether oxygens (including phenoxy) is 3. The molecule has 0 radical (unpaired) electrons. The smallest absolute Gasteiger partial charge is 0.128 e. The van der Waals surface area contributed by atoms with Crippen LogP contribution in [0.1, 0.15) is 49.3 Å². The minimum atomic E-state index is 0.589. The molecule has 0 N–H and O–H groups in total. The van der Waals surface area contributed by atoms with E-state index in [4.69, 9.17) is 19.0 Å². The second-order valence-corrected chi connectivity index (χ2v) is 7.33. The maximum atomic E-state index is 6.05. The van der Waals surface area contributed by atoms with Crippen LogP contribution in [0.4, 0.5) is 0 Å². The number of para-hydroxylation sites is 1. The molecule has 31 heavy (non-hydrogen) atoms. The summed E-state index contributed by atoms with van der Waals surface area (Å²) in [6.45, 7) is 8.12. The van der Waals surface area contributed by atoms with E-state index in [2.05, 4.69) is 19.0 Å². The molecule has 0 aromatic heterocycles. The van der Waals surface area contributed by atoms with Gasteiger partial charge in [0.25, 0.3) is 0 Å². The molecule has 0 atom stereocenters. The van der Waals surface area contributed by atoms with Gasteiger partial charge in [0.1, 0.15) is 31.0 Å². The Morgan fingerprint density at radius 2 is 1.55 bits per heavy atom. The number of nitrogens with zero attached hydrogens (tertiary/aromatic N) is 1. The molecule has 0 aliphatic carbocycles. The Morgan fingerprint density at radius 1 is 0.871 bits per heavy atom. The lowest BCUT2D eigenvalue weighted by Crippen LogP contribution is -2.03. The third kappa shape index (κ3) is 8.75. The zero-order valence-electron chi connectivity index (χ0n) is 19.2. The third-order valence-electron chi connectivity index (χ3n) is 4.77. The Morgan fingerprint density at radius 3 is 2.23 bits per heavy atom. The van der Waals surface area contributed by atoms with Crippen LogP contribution in [0.15, 0.2) is 53.7 Å². The fourth-order valence-electron chi connectivity index (χ4n) is 3.20. The standard InChI is InChI=1S/C26H35NO4/c1-5-6-15-29-24-18-21(2)26(22(3)19-24)31-17-12-8-7-11-16-30-25-14-10-9-13-23(25)20-27-28-4/h5-6,9-10,13-14,18-20H,7-8,11-12,15-17H2,1-4H3/b6-5+,27-20?. The first-order valence-electron chi connectivity index (χ1n) is 10.9. The molecular formula is C26H35NO4. The zero-order chi connectivity index (χ0) is 22.3. The van der Waals surface area contributed by atoms with Crippen molar-refractivity contribution in [2.24, 2.45) is 5.16 Å². The number of unbranched alkanes of at least 4 members (excludes halogenated alkanes) is 3. The van der Waals surface area contributed by atoms with E-state index >= 15 is 0 Å². The van der Waals surface area contributed by atoms with Crippen molar-refractivity contribution in [3.63, 3.8) is 0 Å². The largest absolute Gasteiger partial charge is 0.493 e. The summed E-state index contributed by atoms with van der Waals surface area (Å²) in [6.07, 6.45) is 9.89. The van der Waals surface area contributed by atoms with Crippen molar-refractivity contribution >= 4 is 6.21 Å². The lowest BCUT2D eigenvalue weighted by atomic mass is 10.1. The van der Waals surface area contributed by atoms with Crippen molar-refractivity contribution < 1.29 is 19.0 Å². The van der Waals surface area contributed by atoms with Crippen LogP contribution in [0, 0.1) is 13.8 Å². The van der Waals surface area contributed by atoms with Crippen LogP contribution >= 0.6 is 0 Å². The quantitative estimate of drug-likeness (QED) is 0.155. The van der Waals surface area contributed by atoms with Crippen LogP contribution in [0.2, 0.25) is 0 Å². The minimum Gasteiger partial charge on any atom is -0.493 e. The second-order valence-electron chi connectivity index (χ2n) is 7.33. The van der Waals surface area contributed by atoms with E-state index in [9.17, 15) is 0 Å². The lowest BCUT2D eigenvalue weighted by Gasteiger charge is -2.14. The maximum absolute atomic E-state index is 6.05. The van der Waals surface area contributed by atoms with Crippen molar-refractivity contribution in [1.82, 2.24) is 0 Å². The molecule has 2 rings (SSSR count). The van der Waals surface area contributed by atoms with Gasteiger partial charge in [0.15, 0.2) is 0 Å². The SMILES string of the molecule is C/C=C/COc1cc(C)c(OCCCCCCOc2ccccc2C=NOC)c(C)c1. The van der Waals surface area contributed by atoms with E-state index in [1.54, 1.807) is 6.21 Å². The van der Waals surface area contributed by atoms with Gasteiger partial charge in [-0.3, -0.25) is 0 Å². The van der Waals surface area contributed by atoms with E-state index in [-0.39, 0.29) is 0 Å². The van der Waals surface area contributed by atoms with Crippen molar-refractivity contribution in [2.45, 2.75) is 46.5 Å². The molecule has 5 heteroatoms. The molecule has 2 aromatic carbocycles. The molecule has 5 nitrogen and oxygen atoms in total. The summed E-state index contributed by atoms with van der Waals surface area (Å²) >= 11 is 0. The highest BCUT2D eigenvalue weighted by Crippen LogP contribution is 2.28. The van der Waals surface area contributed by atoms with Crippen molar-refractivity contribution in [2.75, 3.05) is 26.9 Å². The van der Waals surface area contributed by atoms with Crippen molar-refractivity contribution in [3.05, 3.63) is 65.2 Å². The van der Waals surface area contributed by atoms with Gasteiger partial charge >= 0.3 is 0 Å². The number of hydrogen-bond donors (Lipinski definition) is 0. The molecule has 0 saturated heterocycles. The average Bonchev–Trinajstić information content (AvgIpc) is 2.76. The van der Waals surface area contributed by atoms with Crippen LogP contribution in [-0.2, 0) is 4.84 Å². The Kier molecular flexibility index (Phi) is 11.1. The maximum Gasteiger partial charge on any atom is 0.128 e. The van der Waals surface area contributed by atoms with Crippen LogP contribution in [0.3, 0.4) is 0 Å². The van der Waals surface area contributed by atoms with E-state index in [1.807, 2.05) is 55.5 Å². The van der Waals surface area contributed by atoms with Crippen LogP contribution < -0.4 is 14.2 Å². The molecule has 0 heterocycles. The molecule has 0 unspecified atom stereocenters. The average molecular weight is 426 g/mol. The normalized spacial score (nSPS) is 11.2. The Balaban J connectivity index is 1.65. The molecule has 0 bridgehead atoms. The van der Waals surface area contributed by atoms with E-state index in [0.717, 1.165) is 66.2 Å². The van der Waals surface area contributed by atoms with Gasteiger partial charge in [0, 0.05) is 5.56 Å². The second kappa shape index (κ2) is 14.1. The lowest BCUT2D eigenvalue weighted by molar-refractivity contribution is 0.215. The summed E-state index contributed by atoms with van der Waals surface area (Å²) < 4.78 is 17.7. The molecule has 2 aromatic rings. The fraction of sp³-hybridized carbons (Fsp3) is 0.423. The Bertz CT molecular complexity index is 822. The molecule has 0 saturated carbocycles. The molecule has 168 valence electrons. The van der Waals surface area contributed by atoms with Gasteiger partial charge in [-0.2, -0.15) is 0 Å². The van der Waals surface area contributed by atoms with Crippen LogP contribution in [0.5, 0.6) is 17.2 Å². The van der Waals surface area contributed by atoms with Gasteiger partial charge in [-0.15, -0.1) is 0 Å². The monoisotopic (exact) mass is 425 g/mol.